The summed E-state index contributed by atoms with van der Waals surface area (Å²) in [6.45, 7) is 4.21. The molecular formula is C18H16N2. The van der Waals surface area contributed by atoms with Crippen molar-refractivity contribution in [2.45, 2.75) is 13.8 Å². The van der Waals surface area contributed by atoms with E-state index >= 15 is 0 Å². The molecule has 0 N–H and O–H groups in total. The largest absolute Gasteiger partial charge is 0.236 e. The summed E-state index contributed by atoms with van der Waals surface area (Å²) in [5.41, 5.74) is 5.78. The predicted octanol–water partition coefficient (Wildman–Crippen LogP) is 4.43. The van der Waals surface area contributed by atoms with Gasteiger partial charge < -0.3 is 0 Å². The zero-order valence-electron chi connectivity index (χ0n) is 11.7. The van der Waals surface area contributed by atoms with E-state index in [1.165, 1.54) is 16.7 Å². The van der Waals surface area contributed by atoms with Crippen molar-refractivity contribution in [2.24, 2.45) is 0 Å². The van der Waals surface area contributed by atoms with Crippen LogP contribution in [0.15, 0.2) is 60.9 Å². The lowest BCUT2D eigenvalue weighted by molar-refractivity contribution is 1.18. The molecule has 0 aliphatic rings. The summed E-state index contributed by atoms with van der Waals surface area (Å²) in [7, 11) is 0. The topological polar surface area (TPSA) is 25.8 Å². The molecule has 0 fully saturated rings. The van der Waals surface area contributed by atoms with E-state index in [0.29, 0.717) is 0 Å². The van der Waals surface area contributed by atoms with Crippen LogP contribution in [0.1, 0.15) is 11.1 Å². The van der Waals surface area contributed by atoms with E-state index in [-0.39, 0.29) is 0 Å². The van der Waals surface area contributed by atoms with Gasteiger partial charge in [-0.25, -0.2) is 9.97 Å². The summed E-state index contributed by atoms with van der Waals surface area (Å²) >= 11 is 0. The SMILES string of the molecule is Cc1cc(C)cc(-c2cnc(-c3ccccc3)nc2)c1. The fourth-order valence-electron chi connectivity index (χ4n) is 2.35. The van der Waals surface area contributed by atoms with E-state index in [4.69, 9.17) is 0 Å². The average Bonchev–Trinajstić information content (AvgIpc) is 2.47. The number of nitrogens with zero attached hydrogens (tertiary/aromatic N) is 2. The minimum absolute atomic E-state index is 0.763. The molecule has 0 saturated carbocycles. The molecule has 0 unspecified atom stereocenters. The molecule has 3 rings (SSSR count). The van der Waals surface area contributed by atoms with Gasteiger partial charge in [-0.2, -0.15) is 0 Å². The van der Waals surface area contributed by atoms with Crippen LogP contribution in [0.2, 0.25) is 0 Å². The van der Waals surface area contributed by atoms with Gasteiger partial charge in [0.25, 0.3) is 0 Å². The number of aromatic nitrogens is 2. The molecule has 2 heteroatoms. The van der Waals surface area contributed by atoms with Crippen molar-refractivity contribution in [3.8, 4) is 22.5 Å². The summed E-state index contributed by atoms with van der Waals surface area (Å²) in [6, 6.07) is 16.5. The summed E-state index contributed by atoms with van der Waals surface area (Å²) in [5.74, 6) is 0.763. The molecule has 0 aliphatic heterocycles. The predicted molar refractivity (Wildman–Crippen MR) is 82.4 cm³/mol. The zero-order valence-corrected chi connectivity index (χ0v) is 11.7. The molecule has 0 spiro atoms. The van der Waals surface area contributed by atoms with Crippen LogP contribution in [0.4, 0.5) is 0 Å². The highest BCUT2D eigenvalue weighted by atomic mass is 14.9. The Kier molecular flexibility index (Phi) is 3.30. The Morgan fingerprint density at radius 1 is 0.650 bits per heavy atom. The smallest absolute Gasteiger partial charge is 0.159 e. The molecule has 0 amide bonds. The maximum Gasteiger partial charge on any atom is 0.159 e. The first-order valence-electron chi connectivity index (χ1n) is 6.68. The van der Waals surface area contributed by atoms with Crippen LogP contribution >= 0.6 is 0 Å². The highest BCUT2D eigenvalue weighted by molar-refractivity contribution is 5.65. The Bertz CT molecular complexity index is 696. The second kappa shape index (κ2) is 5.25. The third-order valence-corrected chi connectivity index (χ3v) is 3.24. The molecule has 0 aliphatic carbocycles. The molecule has 0 atom stereocenters. The van der Waals surface area contributed by atoms with Gasteiger partial charge in [-0.15, -0.1) is 0 Å². The van der Waals surface area contributed by atoms with Crippen LogP contribution in [0.3, 0.4) is 0 Å². The number of rotatable bonds is 2. The molecule has 3 aromatic rings. The van der Waals surface area contributed by atoms with Crippen molar-refractivity contribution in [3.63, 3.8) is 0 Å². The fraction of sp³-hybridized carbons (Fsp3) is 0.111. The summed E-state index contributed by atoms with van der Waals surface area (Å²) in [4.78, 5) is 8.95. The lowest BCUT2D eigenvalue weighted by Crippen LogP contribution is -1.90. The molecule has 2 nitrogen and oxygen atoms in total. The Balaban J connectivity index is 1.97. The van der Waals surface area contributed by atoms with Gasteiger partial charge >= 0.3 is 0 Å². The Morgan fingerprint density at radius 2 is 1.25 bits per heavy atom. The van der Waals surface area contributed by atoms with E-state index in [0.717, 1.165) is 17.0 Å². The Labute approximate surface area is 119 Å². The molecule has 1 heterocycles. The van der Waals surface area contributed by atoms with Gasteiger partial charge in [-0.05, 0) is 19.4 Å². The monoisotopic (exact) mass is 260 g/mol. The highest BCUT2D eigenvalue weighted by Crippen LogP contribution is 2.22. The normalized spacial score (nSPS) is 10.5. The van der Waals surface area contributed by atoms with Gasteiger partial charge in [0, 0.05) is 23.5 Å². The number of benzene rings is 2. The average molecular weight is 260 g/mol. The maximum absolute atomic E-state index is 4.47. The molecular weight excluding hydrogens is 244 g/mol. The van der Waals surface area contributed by atoms with Crippen molar-refractivity contribution in [1.82, 2.24) is 9.97 Å². The van der Waals surface area contributed by atoms with E-state index in [1.807, 2.05) is 42.7 Å². The Hall–Kier alpha value is -2.48. The lowest BCUT2D eigenvalue weighted by atomic mass is 10.0. The third-order valence-electron chi connectivity index (χ3n) is 3.24. The first-order chi connectivity index (χ1) is 9.72. The number of aryl methyl sites for hydroxylation is 2. The summed E-state index contributed by atoms with van der Waals surface area (Å²) in [5, 5.41) is 0. The number of hydrogen-bond donors (Lipinski definition) is 0. The summed E-state index contributed by atoms with van der Waals surface area (Å²) in [6.07, 6.45) is 3.78. The van der Waals surface area contributed by atoms with Crippen molar-refractivity contribution < 1.29 is 0 Å². The Morgan fingerprint density at radius 3 is 1.85 bits per heavy atom. The van der Waals surface area contributed by atoms with Crippen molar-refractivity contribution >= 4 is 0 Å². The van der Waals surface area contributed by atoms with Crippen molar-refractivity contribution in [3.05, 3.63) is 72.1 Å². The van der Waals surface area contributed by atoms with Crippen LogP contribution in [-0.4, -0.2) is 9.97 Å². The van der Waals surface area contributed by atoms with Gasteiger partial charge in [-0.1, -0.05) is 59.7 Å². The van der Waals surface area contributed by atoms with Crippen LogP contribution in [0.5, 0.6) is 0 Å². The van der Waals surface area contributed by atoms with Crippen molar-refractivity contribution in [1.29, 1.82) is 0 Å². The second-order valence-electron chi connectivity index (χ2n) is 5.04. The highest BCUT2D eigenvalue weighted by Gasteiger charge is 2.03. The van der Waals surface area contributed by atoms with E-state index in [1.54, 1.807) is 0 Å². The standard InChI is InChI=1S/C18H16N2/c1-13-8-14(2)10-16(9-13)17-11-19-18(20-12-17)15-6-4-3-5-7-15/h3-12H,1-2H3. The minimum Gasteiger partial charge on any atom is -0.236 e. The van der Waals surface area contributed by atoms with Gasteiger partial charge in [0.05, 0.1) is 0 Å². The second-order valence-corrected chi connectivity index (χ2v) is 5.04. The molecule has 2 aromatic carbocycles. The third kappa shape index (κ3) is 2.59. The molecule has 0 radical (unpaired) electrons. The number of hydrogen-bond acceptors (Lipinski definition) is 2. The zero-order chi connectivity index (χ0) is 13.9. The van der Waals surface area contributed by atoms with Crippen LogP contribution in [-0.2, 0) is 0 Å². The van der Waals surface area contributed by atoms with Gasteiger partial charge in [0.1, 0.15) is 0 Å². The molecule has 20 heavy (non-hydrogen) atoms. The van der Waals surface area contributed by atoms with Gasteiger partial charge in [0.2, 0.25) is 0 Å². The first kappa shape index (κ1) is 12.5. The molecule has 98 valence electrons. The fourth-order valence-corrected chi connectivity index (χ4v) is 2.35. The summed E-state index contributed by atoms with van der Waals surface area (Å²) < 4.78 is 0. The maximum atomic E-state index is 4.47. The molecule has 0 saturated heterocycles. The minimum atomic E-state index is 0.763. The van der Waals surface area contributed by atoms with Crippen LogP contribution < -0.4 is 0 Å². The van der Waals surface area contributed by atoms with Crippen LogP contribution in [0, 0.1) is 13.8 Å². The van der Waals surface area contributed by atoms with E-state index < -0.39 is 0 Å². The van der Waals surface area contributed by atoms with Gasteiger partial charge in [-0.3, -0.25) is 0 Å². The molecule has 0 bridgehead atoms. The van der Waals surface area contributed by atoms with Crippen LogP contribution in [0.25, 0.3) is 22.5 Å². The quantitative estimate of drug-likeness (QED) is 0.681. The van der Waals surface area contributed by atoms with E-state index in [2.05, 4.69) is 42.0 Å². The first-order valence-corrected chi connectivity index (χ1v) is 6.68. The van der Waals surface area contributed by atoms with Crippen molar-refractivity contribution in [2.75, 3.05) is 0 Å². The van der Waals surface area contributed by atoms with Gasteiger partial charge in [0.15, 0.2) is 5.82 Å². The van der Waals surface area contributed by atoms with E-state index in [9.17, 15) is 0 Å². The lowest BCUT2D eigenvalue weighted by Gasteiger charge is -2.06. The molecule has 1 aromatic heterocycles.